The molecule has 98 valence electrons. The van der Waals surface area contributed by atoms with Gasteiger partial charge in [0, 0.05) is 6.04 Å². The number of rotatable bonds is 6. The van der Waals surface area contributed by atoms with Crippen LogP contribution in [0.25, 0.3) is 0 Å². The van der Waals surface area contributed by atoms with E-state index in [0.717, 1.165) is 5.56 Å². The Hall–Kier alpha value is -1.88. The Morgan fingerprint density at radius 1 is 1.33 bits per heavy atom. The number of carbonyl (C=O) groups excluding carboxylic acids is 1. The van der Waals surface area contributed by atoms with E-state index in [1.54, 1.807) is 6.92 Å². The van der Waals surface area contributed by atoms with Crippen molar-refractivity contribution in [1.82, 2.24) is 5.32 Å². The Labute approximate surface area is 106 Å². The number of carboxylic acids is 1. The summed E-state index contributed by atoms with van der Waals surface area (Å²) in [6, 6.07) is 8.37. The number of hydrogen-bond donors (Lipinski definition) is 3. The van der Waals surface area contributed by atoms with Crippen molar-refractivity contribution in [3.05, 3.63) is 35.9 Å². The summed E-state index contributed by atoms with van der Waals surface area (Å²) in [5.74, 6) is -1.27. The zero-order chi connectivity index (χ0) is 13.5. The molecule has 5 nitrogen and oxygen atoms in total. The van der Waals surface area contributed by atoms with Gasteiger partial charge in [-0.25, -0.2) is 0 Å². The molecule has 5 heteroatoms. The summed E-state index contributed by atoms with van der Waals surface area (Å²) >= 11 is 0. The molecule has 2 atom stereocenters. The molecule has 0 saturated carbocycles. The van der Waals surface area contributed by atoms with E-state index in [2.05, 4.69) is 5.32 Å². The number of aliphatic carboxylic acids is 1. The van der Waals surface area contributed by atoms with Crippen LogP contribution in [0, 0.1) is 0 Å². The van der Waals surface area contributed by atoms with Crippen LogP contribution in [0.3, 0.4) is 0 Å². The number of benzene rings is 1. The van der Waals surface area contributed by atoms with Crippen molar-refractivity contribution in [2.75, 3.05) is 0 Å². The van der Waals surface area contributed by atoms with Gasteiger partial charge >= 0.3 is 5.97 Å². The number of carbonyl (C=O) groups is 2. The maximum atomic E-state index is 11.7. The minimum atomic E-state index is -0.945. The third-order valence-electron chi connectivity index (χ3n) is 2.50. The first kappa shape index (κ1) is 14.2. The highest BCUT2D eigenvalue weighted by Gasteiger charge is 2.17. The molecule has 0 aromatic heterocycles. The van der Waals surface area contributed by atoms with E-state index in [-0.39, 0.29) is 12.3 Å². The van der Waals surface area contributed by atoms with Gasteiger partial charge in [0.2, 0.25) is 5.91 Å². The van der Waals surface area contributed by atoms with E-state index in [0.29, 0.717) is 6.42 Å². The number of nitrogens with two attached hydrogens (primary N) is 1. The largest absolute Gasteiger partial charge is 0.481 e. The number of nitrogens with one attached hydrogen (secondary N) is 1. The molecule has 0 radical (unpaired) electrons. The second kappa shape index (κ2) is 6.76. The van der Waals surface area contributed by atoms with Gasteiger partial charge in [0.15, 0.2) is 0 Å². The molecule has 1 aromatic rings. The molecule has 0 aliphatic rings. The minimum absolute atomic E-state index is 0.107. The standard InChI is InChI=1S/C13H18N2O3/c1-9(7-12(16)17)15-13(18)11(14)8-10-5-3-2-4-6-10/h2-6,9,11H,7-8,14H2,1H3,(H,15,18)(H,16,17)/t9?,11-/m1/s1. The van der Waals surface area contributed by atoms with Crippen LogP contribution in [-0.2, 0) is 16.0 Å². The Balaban J connectivity index is 2.44. The third-order valence-corrected chi connectivity index (χ3v) is 2.50. The van der Waals surface area contributed by atoms with Gasteiger partial charge in [0.1, 0.15) is 0 Å². The molecule has 0 saturated heterocycles. The fraction of sp³-hybridized carbons (Fsp3) is 0.385. The van der Waals surface area contributed by atoms with Gasteiger partial charge in [0.25, 0.3) is 0 Å². The lowest BCUT2D eigenvalue weighted by atomic mass is 10.1. The van der Waals surface area contributed by atoms with Crippen LogP contribution in [0.1, 0.15) is 18.9 Å². The smallest absolute Gasteiger partial charge is 0.305 e. The monoisotopic (exact) mass is 250 g/mol. The average molecular weight is 250 g/mol. The van der Waals surface area contributed by atoms with Crippen molar-refractivity contribution in [2.45, 2.75) is 31.8 Å². The normalized spacial score (nSPS) is 13.7. The van der Waals surface area contributed by atoms with Crippen LogP contribution in [0.15, 0.2) is 30.3 Å². The Morgan fingerprint density at radius 3 is 2.50 bits per heavy atom. The lowest BCUT2D eigenvalue weighted by Crippen LogP contribution is -2.46. The first-order valence-electron chi connectivity index (χ1n) is 5.80. The quantitative estimate of drug-likeness (QED) is 0.687. The van der Waals surface area contributed by atoms with Crippen LogP contribution in [-0.4, -0.2) is 29.1 Å². The highest BCUT2D eigenvalue weighted by molar-refractivity contribution is 5.82. The summed E-state index contributed by atoms with van der Waals surface area (Å²) in [6.07, 6.45) is 0.330. The van der Waals surface area contributed by atoms with E-state index in [9.17, 15) is 9.59 Å². The molecular weight excluding hydrogens is 232 g/mol. The topological polar surface area (TPSA) is 92.4 Å². The molecule has 18 heavy (non-hydrogen) atoms. The maximum Gasteiger partial charge on any atom is 0.305 e. The van der Waals surface area contributed by atoms with Gasteiger partial charge in [-0.2, -0.15) is 0 Å². The molecule has 1 amide bonds. The summed E-state index contributed by atoms with van der Waals surface area (Å²) in [6.45, 7) is 1.64. The fourth-order valence-electron chi connectivity index (χ4n) is 1.62. The van der Waals surface area contributed by atoms with Crippen LogP contribution in [0.5, 0.6) is 0 Å². The van der Waals surface area contributed by atoms with Crippen LogP contribution in [0.4, 0.5) is 0 Å². The number of hydrogen-bond acceptors (Lipinski definition) is 3. The van der Waals surface area contributed by atoms with Crippen molar-refractivity contribution in [2.24, 2.45) is 5.73 Å². The summed E-state index contributed by atoms with van der Waals surface area (Å²) < 4.78 is 0. The van der Waals surface area contributed by atoms with Gasteiger partial charge in [0.05, 0.1) is 12.5 Å². The molecule has 0 spiro atoms. The number of carboxylic acid groups (broad SMARTS) is 1. The SMILES string of the molecule is CC(CC(=O)O)NC(=O)[C@H](N)Cc1ccccc1. The van der Waals surface area contributed by atoms with E-state index in [1.165, 1.54) is 0 Å². The molecule has 0 fully saturated rings. The van der Waals surface area contributed by atoms with E-state index in [4.69, 9.17) is 10.8 Å². The lowest BCUT2D eigenvalue weighted by molar-refractivity contribution is -0.137. The van der Waals surface area contributed by atoms with Crippen molar-refractivity contribution < 1.29 is 14.7 Å². The molecule has 0 bridgehead atoms. The second-order valence-electron chi connectivity index (χ2n) is 4.30. The highest BCUT2D eigenvalue weighted by atomic mass is 16.4. The van der Waals surface area contributed by atoms with Gasteiger partial charge in [-0.15, -0.1) is 0 Å². The van der Waals surface area contributed by atoms with E-state index >= 15 is 0 Å². The first-order chi connectivity index (χ1) is 8.49. The molecule has 1 rings (SSSR count). The zero-order valence-corrected chi connectivity index (χ0v) is 10.3. The van der Waals surface area contributed by atoms with Crippen molar-refractivity contribution in [1.29, 1.82) is 0 Å². The predicted octanol–water partition coefficient (Wildman–Crippen LogP) is 0.536. The molecule has 1 unspecified atom stereocenters. The van der Waals surface area contributed by atoms with E-state index in [1.807, 2.05) is 30.3 Å². The Kier molecular flexibility index (Phi) is 5.32. The highest BCUT2D eigenvalue weighted by Crippen LogP contribution is 2.02. The third kappa shape index (κ3) is 4.97. The predicted molar refractivity (Wildman–Crippen MR) is 68.0 cm³/mol. The van der Waals surface area contributed by atoms with Crippen LogP contribution >= 0.6 is 0 Å². The molecule has 4 N–H and O–H groups in total. The molecular formula is C13H18N2O3. The van der Waals surface area contributed by atoms with Crippen molar-refractivity contribution >= 4 is 11.9 Å². The zero-order valence-electron chi connectivity index (χ0n) is 10.3. The van der Waals surface area contributed by atoms with Crippen LogP contribution < -0.4 is 11.1 Å². The van der Waals surface area contributed by atoms with Gasteiger partial charge < -0.3 is 16.2 Å². The Morgan fingerprint density at radius 2 is 1.94 bits per heavy atom. The van der Waals surface area contributed by atoms with Gasteiger partial charge in [-0.05, 0) is 18.9 Å². The van der Waals surface area contributed by atoms with Crippen molar-refractivity contribution in [3.8, 4) is 0 Å². The minimum Gasteiger partial charge on any atom is -0.481 e. The summed E-state index contributed by atoms with van der Waals surface area (Å²) in [4.78, 5) is 22.2. The summed E-state index contributed by atoms with van der Waals surface area (Å²) in [7, 11) is 0. The van der Waals surface area contributed by atoms with Crippen LogP contribution in [0.2, 0.25) is 0 Å². The van der Waals surface area contributed by atoms with Crippen molar-refractivity contribution in [3.63, 3.8) is 0 Å². The molecule has 0 aliphatic carbocycles. The molecule has 1 aromatic carbocycles. The number of amides is 1. The van der Waals surface area contributed by atoms with E-state index < -0.39 is 18.1 Å². The summed E-state index contributed by atoms with van der Waals surface area (Å²) in [5, 5.41) is 11.2. The molecule has 0 aliphatic heterocycles. The maximum absolute atomic E-state index is 11.7. The first-order valence-corrected chi connectivity index (χ1v) is 5.80. The lowest BCUT2D eigenvalue weighted by Gasteiger charge is -2.16. The van der Waals surface area contributed by atoms with Gasteiger partial charge in [-0.1, -0.05) is 30.3 Å². The summed E-state index contributed by atoms with van der Waals surface area (Å²) in [5.41, 5.74) is 6.75. The fourth-order valence-corrected chi connectivity index (χ4v) is 1.62. The average Bonchev–Trinajstić information content (AvgIpc) is 2.28. The Bertz CT molecular complexity index is 406. The van der Waals surface area contributed by atoms with Gasteiger partial charge in [-0.3, -0.25) is 9.59 Å². The second-order valence-corrected chi connectivity index (χ2v) is 4.30. The molecule has 0 heterocycles.